The molecular weight excluding hydrogens is 422 g/mol. The van der Waals surface area contributed by atoms with Crippen LogP contribution < -0.4 is 5.32 Å². The Morgan fingerprint density at radius 2 is 1.93 bits per heavy atom. The number of hydrogen-bond donors (Lipinski definition) is 1. The van der Waals surface area contributed by atoms with Crippen molar-refractivity contribution in [3.8, 4) is 0 Å². The Morgan fingerprint density at radius 1 is 1.28 bits per heavy atom. The number of hydrogen-bond acceptors (Lipinski definition) is 7. The normalized spacial score (nSPS) is 12.6. The van der Waals surface area contributed by atoms with Crippen molar-refractivity contribution in [3.05, 3.63) is 40.6 Å². The van der Waals surface area contributed by atoms with Crippen molar-refractivity contribution in [2.45, 2.75) is 38.7 Å². The number of anilines is 1. The monoisotopic (exact) mass is 443 g/mol. The topological polar surface area (TPSA) is 119 Å². The Balaban J connectivity index is 2.17. The summed E-state index contributed by atoms with van der Waals surface area (Å²) in [5.41, 5.74) is -0.0444. The zero-order valence-corrected chi connectivity index (χ0v) is 18.0. The molecule has 11 heteroatoms. The van der Waals surface area contributed by atoms with E-state index in [0.29, 0.717) is 5.76 Å². The Hall–Kier alpha value is -2.43. The molecule has 1 aromatic carbocycles. The van der Waals surface area contributed by atoms with E-state index in [1.807, 2.05) is 0 Å². The Kier molecular flexibility index (Phi) is 7.39. The predicted molar refractivity (Wildman–Crippen MR) is 106 cm³/mol. The van der Waals surface area contributed by atoms with E-state index >= 15 is 0 Å². The maximum absolute atomic E-state index is 12.7. The second-order valence-corrected chi connectivity index (χ2v) is 8.41. The number of carbonyl (C=O) groups is 2. The lowest BCUT2D eigenvalue weighted by atomic mass is 10.2. The van der Waals surface area contributed by atoms with Gasteiger partial charge in [0.25, 0.3) is 5.91 Å². The number of nitrogens with zero attached hydrogens (tertiary/aromatic N) is 2. The van der Waals surface area contributed by atoms with Gasteiger partial charge in [0, 0.05) is 19.2 Å². The highest BCUT2D eigenvalue weighted by molar-refractivity contribution is 7.89. The molecule has 2 rings (SSSR count). The van der Waals surface area contributed by atoms with Gasteiger partial charge in [-0.15, -0.1) is 0 Å². The second-order valence-electron chi connectivity index (χ2n) is 6.09. The number of rotatable bonds is 8. The van der Waals surface area contributed by atoms with Crippen LogP contribution in [0.4, 0.5) is 5.82 Å². The van der Waals surface area contributed by atoms with Crippen LogP contribution in [0.25, 0.3) is 0 Å². The molecule has 1 N–H and O–H groups in total. The summed E-state index contributed by atoms with van der Waals surface area (Å²) in [6.45, 7) is 6.94. The standard InChI is InChI=1S/C18H22ClN3O6S/c1-5-22(6-2)29(25,26)15-10-13(7-8-14(15)19)18(24)27-12(4)17(23)20-16-9-11(3)28-21-16/h7-10,12H,5-6H2,1-4H3,(H,20,21,23). The first kappa shape index (κ1) is 22.9. The van der Waals surface area contributed by atoms with Gasteiger partial charge in [-0.1, -0.05) is 30.6 Å². The number of amides is 1. The van der Waals surface area contributed by atoms with Crippen LogP contribution >= 0.6 is 11.6 Å². The number of halogens is 1. The van der Waals surface area contributed by atoms with Crippen LogP contribution in [0.2, 0.25) is 5.02 Å². The molecule has 0 saturated heterocycles. The first-order valence-corrected chi connectivity index (χ1v) is 10.7. The average molecular weight is 444 g/mol. The van der Waals surface area contributed by atoms with E-state index < -0.39 is 28.0 Å². The van der Waals surface area contributed by atoms with Crippen LogP contribution in [0.5, 0.6) is 0 Å². The molecule has 9 nitrogen and oxygen atoms in total. The lowest BCUT2D eigenvalue weighted by molar-refractivity contribution is -0.123. The lowest BCUT2D eigenvalue weighted by Gasteiger charge is -2.19. The minimum absolute atomic E-state index is 0.0133. The van der Waals surface area contributed by atoms with Gasteiger partial charge in [-0.25, -0.2) is 13.2 Å². The summed E-state index contributed by atoms with van der Waals surface area (Å²) in [6.07, 6.45) is -1.15. The minimum Gasteiger partial charge on any atom is -0.449 e. The van der Waals surface area contributed by atoms with Gasteiger partial charge in [-0.2, -0.15) is 4.31 Å². The van der Waals surface area contributed by atoms with E-state index in [0.717, 1.165) is 6.07 Å². The summed E-state index contributed by atoms with van der Waals surface area (Å²) in [6, 6.07) is 5.29. The van der Waals surface area contributed by atoms with Crippen LogP contribution in [-0.4, -0.2) is 48.9 Å². The van der Waals surface area contributed by atoms with Crippen molar-refractivity contribution >= 4 is 39.3 Å². The number of ether oxygens (including phenoxy) is 1. The number of esters is 1. The SMILES string of the molecule is CCN(CC)S(=O)(=O)c1cc(C(=O)OC(C)C(=O)Nc2cc(C)on2)ccc1Cl. The number of benzene rings is 1. The number of aryl methyl sites for hydroxylation is 1. The molecule has 1 heterocycles. The average Bonchev–Trinajstić information content (AvgIpc) is 3.07. The molecule has 0 aliphatic rings. The summed E-state index contributed by atoms with van der Waals surface area (Å²) >= 11 is 6.05. The van der Waals surface area contributed by atoms with Gasteiger partial charge in [-0.3, -0.25) is 4.79 Å². The molecule has 0 aliphatic carbocycles. The number of carbonyl (C=O) groups excluding carboxylic acids is 2. The van der Waals surface area contributed by atoms with Gasteiger partial charge >= 0.3 is 5.97 Å². The van der Waals surface area contributed by atoms with Gasteiger partial charge < -0.3 is 14.6 Å². The molecule has 0 aliphatic heterocycles. The third-order valence-electron chi connectivity index (χ3n) is 4.02. The quantitative estimate of drug-likeness (QED) is 0.623. The van der Waals surface area contributed by atoms with Gasteiger partial charge in [-0.05, 0) is 32.0 Å². The van der Waals surface area contributed by atoms with Crippen molar-refractivity contribution in [2.24, 2.45) is 0 Å². The molecular formula is C18H22ClN3O6S. The summed E-state index contributed by atoms with van der Waals surface area (Å²) < 4.78 is 36.7. The Morgan fingerprint density at radius 3 is 2.48 bits per heavy atom. The predicted octanol–water partition coefficient (Wildman–Crippen LogP) is 2.85. The highest BCUT2D eigenvalue weighted by Gasteiger charge is 2.27. The third kappa shape index (κ3) is 5.34. The van der Waals surface area contributed by atoms with Crippen LogP contribution in [0.15, 0.2) is 33.7 Å². The van der Waals surface area contributed by atoms with E-state index in [4.69, 9.17) is 20.9 Å². The molecule has 0 bridgehead atoms. The largest absolute Gasteiger partial charge is 0.449 e. The molecule has 0 saturated carbocycles. The van der Waals surface area contributed by atoms with Crippen molar-refractivity contribution in [2.75, 3.05) is 18.4 Å². The van der Waals surface area contributed by atoms with Crippen molar-refractivity contribution in [3.63, 3.8) is 0 Å². The molecule has 1 unspecified atom stereocenters. The summed E-state index contributed by atoms with van der Waals surface area (Å²) in [5, 5.41) is 6.06. The van der Waals surface area contributed by atoms with Gasteiger partial charge in [0.2, 0.25) is 10.0 Å². The molecule has 0 radical (unpaired) electrons. The molecule has 0 fully saturated rings. The molecule has 0 spiro atoms. The fourth-order valence-corrected chi connectivity index (χ4v) is 4.42. The van der Waals surface area contributed by atoms with Gasteiger partial charge in [0.15, 0.2) is 11.9 Å². The first-order chi connectivity index (χ1) is 13.6. The third-order valence-corrected chi connectivity index (χ3v) is 6.55. The first-order valence-electron chi connectivity index (χ1n) is 8.85. The van der Waals surface area contributed by atoms with Crippen molar-refractivity contribution in [1.82, 2.24) is 9.46 Å². The van der Waals surface area contributed by atoms with Crippen LogP contribution in [0.1, 0.15) is 36.9 Å². The zero-order valence-electron chi connectivity index (χ0n) is 16.4. The molecule has 1 atom stereocenters. The number of aromatic nitrogens is 1. The Labute approximate surface area is 174 Å². The highest BCUT2D eigenvalue weighted by atomic mass is 35.5. The fourth-order valence-electron chi connectivity index (χ4n) is 2.47. The highest BCUT2D eigenvalue weighted by Crippen LogP contribution is 2.26. The zero-order chi connectivity index (χ0) is 21.8. The van der Waals surface area contributed by atoms with E-state index in [1.165, 1.54) is 29.4 Å². The molecule has 2 aromatic rings. The second kappa shape index (κ2) is 9.38. The van der Waals surface area contributed by atoms with E-state index in [2.05, 4.69) is 10.5 Å². The maximum atomic E-state index is 12.7. The number of nitrogens with one attached hydrogen (secondary N) is 1. The van der Waals surface area contributed by atoms with E-state index in [1.54, 1.807) is 20.8 Å². The minimum atomic E-state index is -3.88. The van der Waals surface area contributed by atoms with Crippen molar-refractivity contribution < 1.29 is 27.3 Å². The molecule has 29 heavy (non-hydrogen) atoms. The van der Waals surface area contributed by atoms with Crippen LogP contribution in [0.3, 0.4) is 0 Å². The number of sulfonamides is 1. The smallest absolute Gasteiger partial charge is 0.338 e. The molecule has 1 amide bonds. The molecule has 158 valence electrons. The molecule has 1 aromatic heterocycles. The summed E-state index contributed by atoms with van der Waals surface area (Å²) in [4.78, 5) is 24.4. The summed E-state index contributed by atoms with van der Waals surface area (Å²) in [5.74, 6) is -0.782. The summed E-state index contributed by atoms with van der Waals surface area (Å²) in [7, 11) is -3.88. The maximum Gasteiger partial charge on any atom is 0.338 e. The Bertz CT molecular complexity index is 1000. The van der Waals surface area contributed by atoms with Crippen LogP contribution in [-0.2, 0) is 19.6 Å². The van der Waals surface area contributed by atoms with Crippen LogP contribution in [0, 0.1) is 6.92 Å². The van der Waals surface area contributed by atoms with Gasteiger partial charge in [0.1, 0.15) is 10.7 Å². The fraction of sp³-hybridized carbons (Fsp3) is 0.389. The van der Waals surface area contributed by atoms with Crippen molar-refractivity contribution in [1.29, 1.82) is 0 Å². The van der Waals surface area contributed by atoms with Gasteiger partial charge in [0.05, 0.1) is 10.6 Å². The van der Waals surface area contributed by atoms with E-state index in [-0.39, 0.29) is 34.4 Å². The lowest BCUT2D eigenvalue weighted by Crippen LogP contribution is -2.31. The van der Waals surface area contributed by atoms with E-state index in [9.17, 15) is 18.0 Å².